The second-order valence-electron chi connectivity index (χ2n) is 8.10. The third-order valence-electron chi connectivity index (χ3n) is 5.73. The van der Waals surface area contributed by atoms with Crippen LogP contribution in [0.5, 0.6) is 5.75 Å². The van der Waals surface area contributed by atoms with Crippen molar-refractivity contribution in [2.24, 2.45) is 5.73 Å². The molecule has 13 heteroatoms. The largest absolute Gasteiger partial charge is 0.505 e. The number of ether oxygens (including phenoxy) is 1. The number of benzene rings is 2. The van der Waals surface area contributed by atoms with Crippen LogP contribution < -0.4 is 16.0 Å². The van der Waals surface area contributed by atoms with Crippen molar-refractivity contribution in [1.29, 1.82) is 5.26 Å². The van der Waals surface area contributed by atoms with Crippen LogP contribution in [0.3, 0.4) is 0 Å². The summed E-state index contributed by atoms with van der Waals surface area (Å²) in [5.74, 6) is -1.35. The highest BCUT2D eigenvalue weighted by molar-refractivity contribution is 6.31. The Labute approximate surface area is 204 Å². The van der Waals surface area contributed by atoms with E-state index in [-0.39, 0.29) is 39.6 Å². The first-order valence-corrected chi connectivity index (χ1v) is 11.0. The van der Waals surface area contributed by atoms with E-state index in [1.807, 2.05) is 0 Å². The fraction of sp³-hybridized carbons (Fsp3) is 0.217. The number of nitrogens with two attached hydrogens (primary N) is 1. The lowest BCUT2D eigenvalue weighted by molar-refractivity contribution is -0.211. The maximum Gasteiger partial charge on any atom is 0.505 e. The van der Waals surface area contributed by atoms with Gasteiger partial charge in [-0.2, -0.15) is 20.1 Å². The molecule has 0 aliphatic heterocycles. The molecule has 0 unspecified atom stereocenters. The summed E-state index contributed by atoms with van der Waals surface area (Å²) in [6.45, 7) is -0.0607. The van der Waals surface area contributed by atoms with E-state index in [9.17, 15) is 23.2 Å². The Hall–Kier alpha value is -3.95. The smallest absolute Gasteiger partial charge is 0.489 e. The first-order valence-electron chi connectivity index (χ1n) is 10.6. The molecule has 5 rings (SSSR count). The molecule has 0 amide bonds. The van der Waals surface area contributed by atoms with E-state index in [0.717, 1.165) is 12.3 Å². The van der Waals surface area contributed by atoms with Gasteiger partial charge in [0, 0.05) is 23.6 Å². The molecule has 1 aliphatic rings. The van der Waals surface area contributed by atoms with E-state index < -0.39 is 39.5 Å². The lowest BCUT2D eigenvalue weighted by Crippen LogP contribution is -2.20. The van der Waals surface area contributed by atoms with Gasteiger partial charge in [0.2, 0.25) is 0 Å². The molecule has 1 aliphatic carbocycles. The highest BCUT2D eigenvalue weighted by atomic mass is 35.5. The molecule has 0 atom stereocenters. The van der Waals surface area contributed by atoms with Gasteiger partial charge in [-0.05, 0) is 30.5 Å². The molecule has 0 radical (unpaired) electrons. The molecule has 184 valence electrons. The Bertz CT molecular complexity index is 1620. The predicted molar refractivity (Wildman–Crippen MR) is 122 cm³/mol. The number of rotatable bonds is 5. The number of nitrogens with zero attached hydrogens (tertiary/aromatic N) is 4. The summed E-state index contributed by atoms with van der Waals surface area (Å²) in [6, 6.07) is 7.03. The van der Waals surface area contributed by atoms with Gasteiger partial charge in [0.1, 0.15) is 17.4 Å². The van der Waals surface area contributed by atoms with Gasteiger partial charge in [-0.15, -0.1) is 13.2 Å². The lowest BCUT2D eigenvalue weighted by atomic mass is 9.95. The van der Waals surface area contributed by atoms with Gasteiger partial charge < -0.3 is 10.5 Å². The summed E-state index contributed by atoms with van der Waals surface area (Å²) in [6.07, 6.45) is -3.03. The van der Waals surface area contributed by atoms with Crippen LogP contribution in [0.15, 0.2) is 35.3 Å². The molecule has 2 heterocycles. The molecule has 0 saturated heterocycles. The van der Waals surface area contributed by atoms with Crippen LogP contribution in [0, 0.1) is 17.1 Å². The minimum absolute atomic E-state index is 0.0607. The van der Waals surface area contributed by atoms with Crippen LogP contribution in [0.4, 0.5) is 17.6 Å². The third kappa shape index (κ3) is 3.96. The average Bonchev–Trinajstić information content (AvgIpc) is 3.54. The first kappa shape index (κ1) is 23.8. The number of aromatic amines is 1. The van der Waals surface area contributed by atoms with Gasteiger partial charge in [0.15, 0.2) is 5.82 Å². The molecule has 2 aromatic carbocycles. The van der Waals surface area contributed by atoms with Gasteiger partial charge in [0.05, 0.1) is 39.7 Å². The Balaban J connectivity index is 1.83. The lowest BCUT2D eigenvalue weighted by Gasteiger charge is -2.17. The van der Waals surface area contributed by atoms with Crippen LogP contribution in [0.1, 0.15) is 24.1 Å². The minimum Gasteiger partial charge on any atom is -0.489 e. The quantitative estimate of drug-likeness (QED) is 0.372. The molecular formula is C23H15ClF4N6O2. The number of fused-ring (bicyclic) bond motifs is 1. The zero-order valence-electron chi connectivity index (χ0n) is 18.2. The van der Waals surface area contributed by atoms with Crippen molar-refractivity contribution in [3.05, 3.63) is 62.9 Å². The molecular weight excluding hydrogens is 504 g/mol. The van der Waals surface area contributed by atoms with Gasteiger partial charge in [-0.25, -0.2) is 9.49 Å². The zero-order chi connectivity index (χ0) is 25.8. The van der Waals surface area contributed by atoms with E-state index in [1.165, 1.54) is 18.2 Å². The van der Waals surface area contributed by atoms with Crippen molar-refractivity contribution in [2.75, 3.05) is 0 Å². The topological polar surface area (TPSA) is 123 Å². The zero-order valence-corrected chi connectivity index (χ0v) is 18.9. The molecule has 1 fully saturated rings. The Morgan fingerprint density at radius 2 is 2.03 bits per heavy atom. The molecule has 0 spiro atoms. The monoisotopic (exact) mass is 518 g/mol. The fourth-order valence-electron chi connectivity index (χ4n) is 3.93. The van der Waals surface area contributed by atoms with Crippen LogP contribution in [0.25, 0.3) is 33.2 Å². The second-order valence-corrected chi connectivity index (χ2v) is 8.51. The predicted octanol–water partition coefficient (Wildman–Crippen LogP) is 4.59. The van der Waals surface area contributed by atoms with Gasteiger partial charge >= 0.3 is 6.30 Å². The number of nitrogens with one attached hydrogen (secondary N) is 1. The summed E-state index contributed by atoms with van der Waals surface area (Å²) in [7, 11) is 0. The fourth-order valence-corrected chi connectivity index (χ4v) is 4.12. The molecule has 4 aromatic rings. The van der Waals surface area contributed by atoms with Crippen LogP contribution in [-0.4, -0.2) is 26.1 Å². The maximum atomic E-state index is 15.4. The van der Waals surface area contributed by atoms with Crippen LogP contribution in [-0.2, 0) is 12.8 Å². The van der Waals surface area contributed by atoms with Gasteiger partial charge in [-0.3, -0.25) is 4.79 Å². The number of H-pyrrole nitrogens is 1. The number of aromatic nitrogens is 4. The Morgan fingerprint density at radius 1 is 1.28 bits per heavy atom. The number of nitriles is 1. The van der Waals surface area contributed by atoms with Crippen LogP contribution in [0.2, 0.25) is 5.02 Å². The molecule has 3 N–H and O–H groups in total. The van der Waals surface area contributed by atoms with Crippen molar-refractivity contribution in [2.45, 2.75) is 31.8 Å². The third-order valence-corrected chi connectivity index (χ3v) is 6.01. The highest BCUT2D eigenvalue weighted by Gasteiger charge is 2.39. The normalized spacial score (nSPS) is 13.7. The first-order chi connectivity index (χ1) is 17.1. The van der Waals surface area contributed by atoms with E-state index in [2.05, 4.69) is 15.3 Å². The van der Waals surface area contributed by atoms with E-state index in [0.29, 0.717) is 23.9 Å². The summed E-state index contributed by atoms with van der Waals surface area (Å²) in [4.78, 5) is 12.2. The van der Waals surface area contributed by atoms with E-state index in [1.54, 1.807) is 6.07 Å². The second kappa shape index (κ2) is 8.61. The Kier molecular flexibility index (Phi) is 5.69. The maximum absolute atomic E-state index is 15.4. The summed E-state index contributed by atoms with van der Waals surface area (Å²) in [5.41, 5.74) is 3.59. The Morgan fingerprint density at radius 3 is 2.67 bits per heavy atom. The van der Waals surface area contributed by atoms with Crippen LogP contribution >= 0.6 is 11.6 Å². The summed E-state index contributed by atoms with van der Waals surface area (Å²) in [5, 5.41) is 19.5. The number of alkyl halides is 3. The molecule has 8 nitrogen and oxygen atoms in total. The minimum atomic E-state index is -5.06. The molecule has 1 saturated carbocycles. The van der Waals surface area contributed by atoms with Crippen molar-refractivity contribution in [3.8, 4) is 34.2 Å². The van der Waals surface area contributed by atoms with E-state index in [4.69, 9.17) is 22.1 Å². The number of halogens is 5. The van der Waals surface area contributed by atoms with Gasteiger partial charge in [-0.1, -0.05) is 17.7 Å². The molecule has 0 bridgehead atoms. The standard InChI is InChI=1S/C23H15ClF4N6O2/c24-16-6-18(36-11-2-3-11)14(7-29)19(20(16)25)21-15(9-31-34(21)23(26,27)28)10-1-4-12-13(5-10)17(8-30)32-33-22(12)35/h1,4-6,9,11H,2-3,8,30H2,(H,33,35). The average molecular weight is 519 g/mol. The van der Waals surface area contributed by atoms with Crippen molar-refractivity contribution in [3.63, 3.8) is 0 Å². The van der Waals surface area contributed by atoms with Gasteiger partial charge in [0.25, 0.3) is 5.56 Å². The summed E-state index contributed by atoms with van der Waals surface area (Å²) < 4.78 is 62.8. The number of hydrogen-bond donors (Lipinski definition) is 2. The van der Waals surface area contributed by atoms with E-state index >= 15 is 4.39 Å². The summed E-state index contributed by atoms with van der Waals surface area (Å²) >= 11 is 6.03. The van der Waals surface area contributed by atoms with Crippen molar-refractivity contribution in [1.82, 2.24) is 20.0 Å². The molecule has 36 heavy (non-hydrogen) atoms. The van der Waals surface area contributed by atoms with Crippen molar-refractivity contribution < 1.29 is 22.3 Å². The SMILES string of the molecule is N#Cc1c(OC2CC2)cc(Cl)c(F)c1-c1c(-c2ccc3c(=O)[nH]nc(CN)c3c2)cnn1C(F)(F)F. The molecule has 2 aromatic heterocycles. The number of hydrogen-bond acceptors (Lipinski definition) is 6. The highest BCUT2D eigenvalue weighted by Crippen LogP contribution is 2.45. The van der Waals surface area contributed by atoms with Crippen molar-refractivity contribution >= 4 is 22.4 Å².